The number of anilines is 1. The molecule has 6 nitrogen and oxygen atoms in total. The Balaban J connectivity index is 2.22. The average molecular weight is 335 g/mol. The highest BCUT2D eigenvalue weighted by atomic mass is 19.1. The minimum absolute atomic E-state index is 0.249. The molecule has 0 spiro atoms. The van der Waals surface area contributed by atoms with E-state index < -0.39 is 5.82 Å². The number of ether oxygens (including phenoxy) is 2. The van der Waals surface area contributed by atoms with Crippen molar-refractivity contribution in [1.29, 1.82) is 0 Å². The van der Waals surface area contributed by atoms with Gasteiger partial charge in [0.15, 0.2) is 0 Å². The molecule has 2 rings (SSSR count). The molecule has 1 heterocycles. The van der Waals surface area contributed by atoms with Gasteiger partial charge in [0.25, 0.3) is 0 Å². The maximum atomic E-state index is 14.3. The Labute approximate surface area is 140 Å². The molecule has 130 valence electrons. The van der Waals surface area contributed by atoms with Gasteiger partial charge in [-0.1, -0.05) is 18.2 Å². The van der Waals surface area contributed by atoms with E-state index in [9.17, 15) is 4.39 Å². The fourth-order valence-corrected chi connectivity index (χ4v) is 2.26. The molecule has 0 saturated heterocycles. The standard InChI is InChI=1S/C17H22FN3O3/c1-23-8-6-21(7-9-24-2)17-19-10-14(11-20-17)15-5-3-4-13(12-22)16(15)18/h3-5,10-11,22H,6-9,12H2,1-2H3. The summed E-state index contributed by atoms with van der Waals surface area (Å²) in [5.74, 6) is 0.0820. The van der Waals surface area contributed by atoms with E-state index in [0.717, 1.165) is 0 Å². The number of benzene rings is 1. The van der Waals surface area contributed by atoms with Crippen molar-refractivity contribution < 1.29 is 19.0 Å². The summed E-state index contributed by atoms with van der Waals surface area (Å²) in [5.41, 5.74) is 1.18. The highest BCUT2D eigenvalue weighted by Crippen LogP contribution is 2.24. The minimum atomic E-state index is -0.452. The third-order valence-electron chi connectivity index (χ3n) is 3.61. The normalized spacial score (nSPS) is 10.8. The van der Waals surface area contributed by atoms with Gasteiger partial charge in [-0.3, -0.25) is 0 Å². The lowest BCUT2D eigenvalue weighted by atomic mass is 10.1. The summed E-state index contributed by atoms with van der Waals surface area (Å²) in [6.07, 6.45) is 3.16. The summed E-state index contributed by atoms with van der Waals surface area (Å²) in [5, 5.41) is 9.17. The molecule has 0 fully saturated rings. The van der Waals surface area contributed by atoms with Gasteiger partial charge >= 0.3 is 0 Å². The van der Waals surface area contributed by atoms with E-state index >= 15 is 0 Å². The van der Waals surface area contributed by atoms with Gasteiger partial charge < -0.3 is 19.5 Å². The molecule has 1 N–H and O–H groups in total. The highest BCUT2D eigenvalue weighted by molar-refractivity contribution is 5.63. The molecule has 24 heavy (non-hydrogen) atoms. The smallest absolute Gasteiger partial charge is 0.225 e. The molecule has 0 amide bonds. The zero-order chi connectivity index (χ0) is 17.4. The zero-order valence-corrected chi connectivity index (χ0v) is 13.9. The van der Waals surface area contributed by atoms with Crippen LogP contribution in [0.3, 0.4) is 0 Å². The van der Waals surface area contributed by atoms with E-state index in [2.05, 4.69) is 9.97 Å². The van der Waals surface area contributed by atoms with Gasteiger partial charge in [0, 0.05) is 56.4 Å². The Hall–Kier alpha value is -2.09. The van der Waals surface area contributed by atoms with E-state index in [1.807, 2.05) is 4.90 Å². The van der Waals surface area contributed by atoms with Gasteiger partial charge in [0.05, 0.1) is 19.8 Å². The first-order valence-corrected chi connectivity index (χ1v) is 7.64. The lowest BCUT2D eigenvalue weighted by Gasteiger charge is -2.21. The number of rotatable bonds is 9. The predicted molar refractivity (Wildman–Crippen MR) is 89.3 cm³/mol. The van der Waals surface area contributed by atoms with E-state index in [4.69, 9.17) is 14.6 Å². The van der Waals surface area contributed by atoms with Crippen molar-refractivity contribution in [2.45, 2.75) is 6.61 Å². The van der Waals surface area contributed by atoms with Crippen LogP contribution in [-0.4, -0.2) is 55.6 Å². The average Bonchev–Trinajstić information content (AvgIpc) is 2.62. The van der Waals surface area contributed by atoms with Crippen LogP contribution in [0.25, 0.3) is 11.1 Å². The molecule has 0 radical (unpaired) electrons. The van der Waals surface area contributed by atoms with E-state index in [0.29, 0.717) is 43.4 Å². The predicted octanol–water partition coefficient (Wildman–Crippen LogP) is 1.87. The molecule has 0 aliphatic rings. The number of aromatic nitrogens is 2. The third kappa shape index (κ3) is 4.47. The number of aliphatic hydroxyl groups is 1. The largest absolute Gasteiger partial charge is 0.392 e. The lowest BCUT2D eigenvalue weighted by molar-refractivity contribution is 0.189. The summed E-state index contributed by atoms with van der Waals surface area (Å²) in [4.78, 5) is 10.6. The maximum Gasteiger partial charge on any atom is 0.225 e. The first kappa shape index (κ1) is 18.3. The fraction of sp³-hybridized carbons (Fsp3) is 0.412. The Morgan fingerprint density at radius 2 is 1.71 bits per heavy atom. The molecule has 2 aromatic rings. The lowest BCUT2D eigenvalue weighted by Crippen LogP contribution is -2.32. The Bertz CT molecular complexity index is 629. The van der Waals surface area contributed by atoms with E-state index in [1.54, 1.807) is 44.8 Å². The van der Waals surface area contributed by atoms with Crippen LogP contribution in [0.2, 0.25) is 0 Å². The summed E-state index contributed by atoms with van der Waals surface area (Å²) in [7, 11) is 3.27. The second kappa shape index (κ2) is 9.27. The number of methoxy groups -OCH3 is 2. The number of halogens is 1. The maximum absolute atomic E-state index is 14.3. The van der Waals surface area contributed by atoms with Crippen molar-refractivity contribution in [2.24, 2.45) is 0 Å². The van der Waals surface area contributed by atoms with Crippen LogP contribution < -0.4 is 4.90 Å². The highest BCUT2D eigenvalue weighted by Gasteiger charge is 2.13. The molecule has 0 atom stereocenters. The summed E-state index contributed by atoms with van der Waals surface area (Å²) in [6, 6.07) is 4.88. The van der Waals surface area contributed by atoms with Gasteiger partial charge in [-0.05, 0) is 0 Å². The van der Waals surface area contributed by atoms with Crippen LogP contribution >= 0.6 is 0 Å². The number of hydrogen-bond donors (Lipinski definition) is 1. The summed E-state index contributed by atoms with van der Waals surface area (Å²) in [6.45, 7) is 2.01. The Morgan fingerprint density at radius 1 is 1.08 bits per heavy atom. The number of aliphatic hydroxyl groups excluding tert-OH is 1. The zero-order valence-electron chi connectivity index (χ0n) is 13.9. The Kier molecular flexibility index (Phi) is 7.05. The SMILES string of the molecule is COCCN(CCOC)c1ncc(-c2cccc(CO)c2F)cn1. The Morgan fingerprint density at radius 3 is 2.25 bits per heavy atom. The van der Waals surface area contributed by atoms with E-state index in [1.165, 1.54) is 0 Å². The summed E-state index contributed by atoms with van der Waals surface area (Å²) >= 11 is 0. The molecule has 1 aromatic heterocycles. The molecule has 7 heteroatoms. The van der Waals surface area contributed by atoms with Crippen LogP contribution in [0.4, 0.5) is 10.3 Å². The molecule has 1 aromatic carbocycles. The third-order valence-corrected chi connectivity index (χ3v) is 3.61. The topological polar surface area (TPSA) is 67.7 Å². The molecule has 0 bridgehead atoms. The van der Waals surface area contributed by atoms with E-state index in [-0.39, 0.29) is 12.2 Å². The van der Waals surface area contributed by atoms with Crippen LogP contribution in [0, 0.1) is 5.82 Å². The molecule has 0 aliphatic carbocycles. The molecule has 0 aliphatic heterocycles. The first-order chi connectivity index (χ1) is 11.7. The van der Waals surface area contributed by atoms with Gasteiger partial charge in [0.1, 0.15) is 5.82 Å². The minimum Gasteiger partial charge on any atom is -0.392 e. The van der Waals surface area contributed by atoms with Crippen molar-refractivity contribution in [3.8, 4) is 11.1 Å². The van der Waals surface area contributed by atoms with Crippen LogP contribution in [0.1, 0.15) is 5.56 Å². The van der Waals surface area contributed by atoms with Gasteiger partial charge in [-0.15, -0.1) is 0 Å². The number of nitrogens with zero attached hydrogens (tertiary/aromatic N) is 3. The second-order valence-corrected chi connectivity index (χ2v) is 5.18. The summed E-state index contributed by atoms with van der Waals surface area (Å²) < 4.78 is 24.5. The van der Waals surface area contributed by atoms with Crippen molar-refractivity contribution in [3.63, 3.8) is 0 Å². The van der Waals surface area contributed by atoms with Crippen molar-refractivity contribution in [3.05, 3.63) is 42.0 Å². The van der Waals surface area contributed by atoms with Gasteiger partial charge in [0.2, 0.25) is 5.95 Å². The quantitative estimate of drug-likeness (QED) is 0.755. The number of hydrogen-bond acceptors (Lipinski definition) is 6. The van der Waals surface area contributed by atoms with Gasteiger partial charge in [-0.2, -0.15) is 0 Å². The second-order valence-electron chi connectivity index (χ2n) is 5.18. The van der Waals surface area contributed by atoms with Crippen molar-refractivity contribution in [2.75, 3.05) is 45.4 Å². The fourth-order valence-electron chi connectivity index (χ4n) is 2.26. The van der Waals surface area contributed by atoms with Gasteiger partial charge in [-0.25, -0.2) is 14.4 Å². The molecule has 0 saturated carbocycles. The van der Waals surface area contributed by atoms with Crippen LogP contribution in [0.5, 0.6) is 0 Å². The van der Waals surface area contributed by atoms with Crippen LogP contribution in [0.15, 0.2) is 30.6 Å². The monoisotopic (exact) mass is 335 g/mol. The van der Waals surface area contributed by atoms with Crippen LogP contribution in [-0.2, 0) is 16.1 Å². The van der Waals surface area contributed by atoms with Crippen molar-refractivity contribution in [1.82, 2.24) is 9.97 Å². The molecular weight excluding hydrogens is 313 g/mol. The van der Waals surface area contributed by atoms with Crippen molar-refractivity contribution >= 4 is 5.95 Å². The first-order valence-electron chi connectivity index (χ1n) is 7.64. The molecular formula is C17H22FN3O3. The molecule has 0 unspecified atom stereocenters.